The molecule has 3 aromatic rings. The number of piperidine rings is 1. The molecule has 1 fully saturated rings. The molecule has 8 heteroatoms. The molecule has 1 saturated heterocycles. The highest BCUT2D eigenvalue weighted by molar-refractivity contribution is 5.96. The number of carboxylic acid groups (broad SMARTS) is 1. The summed E-state index contributed by atoms with van der Waals surface area (Å²) in [5.74, 6) is -1.35. The number of nitrogens with one attached hydrogen (secondary N) is 1. The van der Waals surface area contributed by atoms with Gasteiger partial charge in [-0.3, -0.25) is 9.59 Å². The molecule has 3 N–H and O–H groups in total. The van der Waals surface area contributed by atoms with Crippen LogP contribution in [0.1, 0.15) is 51.5 Å². The number of carbonyl (C=O) groups excluding carboxylic acids is 1. The molecule has 0 atom stereocenters. The monoisotopic (exact) mass is 488 g/mol. The number of carboxylic acids is 1. The molecule has 0 aliphatic carbocycles. The highest BCUT2D eigenvalue weighted by atomic mass is 16.4. The molecule has 2 heterocycles. The fraction of sp³-hybridized carbons (Fsp3) is 0.357. The van der Waals surface area contributed by atoms with Crippen LogP contribution in [0.2, 0.25) is 0 Å². The Balaban J connectivity index is 1.33. The Labute approximate surface area is 211 Å². The van der Waals surface area contributed by atoms with E-state index < -0.39 is 18.4 Å². The van der Waals surface area contributed by atoms with Gasteiger partial charge >= 0.3 is 5.97 Å². The third-order valence-electron chi connectivity index (χ3n) is 6.60. The molecular formula is C28H32N4O4. The van der Waals surface area contributed by atoms with Crippen molar-refractivity contribution in [3.8, 4) is 5.75 Å². The first-order valence-corrected chi connectivity index (χ1v) is 12.2. The van der Waals surface area contributed by atoms with E-state index in [1.807, 2.05) is 0 Å². The molecule has 0 saturated carbocycles. The number of rotatable bonds is 8. The van der Waals surface area contributed by atoms with E-state index in [0.29, 0.717) is 23.9 Å². The minimum absolute atomic E-state index is 0.179. The van der Waals surface area contributed by atoms with Gasteiger partial charge in [0.1, 0.15) is 12.4 Å². The van der Waals surface area contributed by atoms with Crippen molar-refractivity contribution in [3.63, 3.8) is 0 Å². The van der Waals surface area contributed by atoms with Gasteiger partial charge in [0.05, 0.1) is 5.69 Å². The summed E-state index contributed by atoms with van der Waals surface area (Å²) in [5, 5.41) is 21.2. The summed E-state index contributed by atoms with van der Waals surface area (Å²) in [6.07, 6.45) is 3.46. The first-order chi connectivity index (χ1) is 17.3. The summed E-state index contributed by atoms with van der Waals surface area (Å²) in [7, 11) is 0. The molecule has 2 aromatic carbocycles. The largest absolute Gasteiger partial charge is 0.504 e. The van der Waals surface area contributed by atoms with Crippen LogP contribution < -0.4 is 10.2 Å². The van der Waals surface area contributed by atoms with Crippen molar-refractivity contribution in [3.05, 3.63) is 82.4 Å². The zero-order valence-electron chi connectivity index (χ0n) is 20.7. The molecule has 4 rings (SSSR count). The SMILES string of the molecule is Cc1cccc(Cc2ccc(N3CCC(Cc4nc(C)c(O)c(C(=O)NCC(=O)O)n4)CC3)cc2)c1. The Morgan fingerprint density at radius 2 is 1.75 bits per heavy atom. The first-order valence-electron chi connectivity index (χ1n) is 12.2. The van der Waals surface area contributed by atoms with Gasteiger partial charge in [-0.05, 0) is 62.3 Å². The zero-order chi connectivity index (χ0) is 25.7. The van der Waals surface area contributed by atoms with E-state index in [2.05, 4.69) is 75.6 Å². The molecule has 0 bridgehead atoms. The second-order valence-corrected chi connectivity index (χ2v) is 9.47. The topological polar surface area (TPSA) is 116 Å². The number of nitrogens with zero attached hydrogens (tertiary/aromatic N) is 3. The lowest BCUT2D eigenvalue weighted by atomic mass is 9.92. The van der Waals surface area contributed by atoms with Gasteiger partial charge in [-0.2, -0.15) is 0 Å². The van der Waals surface area contributed by atoms with Gasteiger partial charge in [0.25, 0.3) is 5.91 Å². The van der Waals surface area contributed by atoms with Crippen molar-refractivity contribution in [2.24, 2.45) is 5.92 Å². The smallest absolute Gasteiger partial charge is 0.322 e. The number of carbonyl (C=O) groups is 2. The lowest BCUT2D eigenvalue weighted by Crippen LogP contribution is -2.34. The number of hydrogen-bond donors (Lipinski definition) is 3. The Kier molecular flexibility index (Phi) is 7.83. The third kappa shape index (κ3) is 6.38. The standard InChI is InChI=1S/C28H32N4O4/c1-18-4-3-5-22(14-18)15-20-6-8-23(9-7-20)32-12-10-21(11-13-32)16-24-30-19(2)27(35)26(31-24)28(36)29-17-25(33)34/h3-9,14,21,35H,10-13,15-17H2,1-2H3,(H,29,36)(H,33,34). The van der Waals surface area contributed by atoms with E-state index in [4.69, 9.17) is 5.11 Å². The van der Waals surface area contributed by atoms with Crippen LogP contribution in [0.15, 0.2) is 48.5 Å². The fourth-order valence-electron chi connectivity index (χ4n) is 4.65. The predicted molar refractivity (Wildman–Crippen MR) is 137 cm³/mol. The Bertz CT molecular complexity index is 1230. The number of benzene rings is 2. The molecular weight excluding hydrogens is 456 g/mol. The number of aromatic nitrogens is 2. The minimum Gasteiger partial charge on any atom is -0.504 e. The van der Waals surface area contributed by atoms with Gasteiger partial charge < -0.3 is 20.4 Å². The van der Waals surface area contributed by atoms with Crippen molar-refractivity contribution in [1.82, 2.24) is 15.3 Å². The molecule has 0 spiro atoms. The van der Waals surface area contributed by atoms with Gasteiger partial charge in [0, 0.05) is 25.2 Å². The second kappa shape index (κ2) is 11.2. The van der Waals surface area contributed by atoms with E-state index in [0.717, 1.165) is 32.4 Å². The molecule has 1 aromatic heterocycles. The fourth-order valence-corrected chi connectivity index (χ4v) is 4.65. The first kappa shape index (κ1) is 25.2. The number of amides is 1. The highest BCUT2D eigenvalue weighted by Crippen LogP contribution is 2.27. The van der Waals surface area contributed by atoms with E-state index in [9.17, 15) is 14.7 Å². The van der Waals surface area contributed by atoms with Crippen LogP contribution in [0.3, 0.4) is 0 Å². The maximum Gasteiger partial charge on any atom is 0.322 e. The van der Waals surface area contributed by atoms with E-state index in [1.54, 1.807) is 6.92 Å². The summed E-state index contributed by atoms with van der Waals surface area (Å²) < 4.78 is 0. The quantitative estimate of drug-likeness (QED) is 0.443. The summed E-state index contributed by atoms with van der Waals surface area (Å²) in [6.45, 7) is 5.03. The summed E-state index contributed by atoms with van der Waals surface area (Å²) in [5.41, 5.74) is 5.23. The maximum atomic E-state index is 12.3. The second-order valence-electron chi connectivity index (χ2n) is 9.47. The Morgan fingerprint density at radius 1 is 1.03 bits per heavy atom. The maximum absolute atomic E-state index is 12.3. The minimum atomic E-state index is -1.17. The van der Waals surface area contributed by atoms with Gasteiger partial charge in [-0.25, -0.2) is 9.97 Å². The van der Waals surface area contributed by atoms with E-state index >= 15 is 0 Å². The number of aryl methyl sites for hydroxylation is 2. The zero-order valence-corrected chi connectivity index (χ0v) is 20.7. The molecule has 188 valence electrons. The van der Waals surface area contributed by atoms with Crippen LogP contribution in [0.5, 0.6) is 5.75 Å². The number of aliphatic carboxylic acids is 1. The Hall–Kier alpha value is -3.94. The van der Waals surface area contributed by atoms with E-state index in [1.165, 1.54) is 22.4 Å². The van der Waals surface area contributed by atoms with Crippen molar-refractivity contribution in [1.29, 1.82) is 0 Å². The average molecular weight is 489 g/mol. The predicted octanol–water partition coefficient (Wildman–Crippen LogP) is 3.66. The van der Waals surface area contributed by atoms with Crippen molar-refractivity contribution in [2.75, 3.05) is 24.5 Å². The highest BCUT2D eigenvalue weighted by Gasteiger charge is 2.23. The van der Waals surface area contributed by atoms with Crippen molar-refractivity contribution >= 4 is 17.6 Å². The van der Waals surface area contributed by atoms with Crippen LogP contribution in [0, 0.1) is 19.8 Å². The van der Waals surface area contributed by atoms with Gasteiger partial charge in [0.15, 0.2) is 11.4 Å². The van der Waals surface area contributed by atoms with Gasteiger partial charge in [-0.15, -0.1) is 0 Å². The summed E-state index contributed by atoms with van der Waals surface area (Å²) in [6, 6.07) is 17.4. The molecule has 8 nitrogen and oxygen atoms in total. The van der Waals surface area contributed by atoms with Gasteiger partial charge in [0.2, 0.25) is 0 Å². The number of anilines is 1. The molecule has 1 amide bonds. The van der Waals surface area contributed by atoms with Crippen LogP contribution >= 0.6 is 0 Å². The van der Waals surface area contributed by atoms with E-state index in [-0.39, 0.29) is 11.4 Å². The van der Waals surface area contributed by atoms with Crippen molar-refractivity contribution < 1.29 is 19.8 Å². The molecule has 1 aliphatic rings. The average Bonchev–Trinajstić information content (AvgIpc) is 2.85. The lowest BCUT2D eigenvalue weighted by Gasteiger charge is -2.33. The molecule has 0 unspecified atom stereocenters. The number of aromatic hydroxyl groups is 1. The summed E-state index contributed by atoms with van der Waals surface area (Å²) >= 11 is 0. The summed E-state index contributed by atoms with van der Waals surface area (Å²) in [4.78, 5) is 34.0. The van der Waals surface area contributed by atoms with Crippen LogP contribution in [-0.2, 0) is 17.6 Å². The van der Waals surface area contributed by atoms with Crippen LogP contribution in [0.4, 0.5) is 5.69 Å². The third-order valence-corrected chi connectivity index (χ3v) is 6.60. The molecule has 1 aliphatic heterocycles. The lowest BCUT2D eigenvalue weighted by molar-refractivity contribution is -0.135. The van der Waals surface area contributed by atoms with Crippen LogP contribution in [-0.4, -0.2) is 51.7 Å². The van der Waals surface area contributed by atoms with Crippen LogP contribution in [0.25, 0.3) is 0 Å². The number of hydrogen-bond acceptors (Lipinski definition) is 6. The molecule has 0 radical (unpaired) electrons. The Morgan fingerprint density at radius 3 is 2.42 bits per heavy atom. The van der Waals surface area contributed by atoms with Crippen molar-refractivity contribution in [2.45, 2.75) is 39.5 Å². The molecule has 36 heavy (non-hydrogen) atoms. The normalized spacial score (nSPS) is 14.0. The van der Waals surface area contributed by atoms with Gasteiger partial charge in [-0.1, -0.05) is 42.0 Å².